The highest BCUT2D eigenvalue weighted by atomic mass is 35.5. The maximum atomic E-state index is 12.2. The molecule has 1 heterocycles. The summed E-state index contributed by atoms with van der Waals surface area (Å²) >= 11 is 5.60. The number of hydrogen-bond acceptors (Lipinski definition) is 2. The van der Waals surface area contributed by atoms with E-state index in [1.54, 1.807) is 0 Å². The number of hydrogen-bond donors (Lipinski definition) is 0. The molecule has 2 amide bonds. The van der Waals surface area contributed by atoms with Crippen molar-refractivity contribution in [3.63, 3.8) is 0 Å². The van der Waals surface area contributed by atoms with Gasteiger partial charge >= 0.3 is 0 Å². The third kappa shape index (κ3) is 5.17. The first-order chi connectivity index (χ1) is 10.2. The van der Waals surface area contributed by atoms with Crippen LogP contribution in [0.2, 0.25) is 0 Å². The third-order valence-electron chi connectivity index (χ3n) is 4.78. The summed E-state index contributed by atoms with van der Waals surface area (Å²) in [5.74, 6) is 1.51. The van der Waals surface area contributed by atoms with Gasteiger partial charge in [-0.1, -0.05) is 32.1 Å². The Balaban J connectivity index is 1.66. The minimum atomic E-state index is 0.110. The molecule has 2 aliphatic rings. The molecule has 0 radical (unpaired) electrons. The van der Waals surface area contributed by atoms with Gasteiger partial charge in [0.05, 0.1) is 0 Å². The van der Waals surface area contributed by atoms with E-state index < -0.39 is 0 Å². The third-order valence-corrected chi connectivity index (χ3v) is 4.97. The Morgan fingerprint density at radius 2 is 1.38 bits per heavy atom. The van der Waals surface area contributed by atoms with Crippen LogP contribution in [-0.4, -0.2) is 53.7 Å². The van der Waals surface area contributed by atoms with Crippen molar-refractivity contribution in [2.75, 3.05) is 32.1 Å². The van der Waals surface area contributed by atoms with E-state index in [4.69, 9.17) is 11.6 Å². The van der Waals surface area contributed by atoms with Crippen molar-refractivity contribution < 1.29 is 9.59 Å². The highest BCUT2D eigenvalue weighted by Crippen LogP contribution is 2.27. The minimum absolute atomic E-state index is 0.110. The van der Waals surface area contributed by atoms with E-state index in [-0.39, 0.29) is 11.8 Å². The van der Waals surface area contributed by atoms with Crippen molar-refractivity contribution >= 4 is 23.4 Å². The Morgan fingerprint density at radius 1 is 0.857 bits per heavy atom. The normalized spacial score (nSPS) is 20.6. The SMILES string of the molecule is O=C(CCCl)N1CCN(C(=O)CCC2CCCCC2)CC1. The van der Waals surface area contributed by atoms with Gasteiger partial charge in [0.15, 0.2) is 0 Å². The first kappa shape index (κ1) is 16.6. The zero-order valence-electron chi connectivity index (χ0n) is 12.9. The topological polar surface area (TPSA) is 40.6 Å². The van der Waals surface area contributed by atoms with Gasteiger partial charge in [-0.25, -0.2) is 0 Å². The molecule has 5 heteroatoms. The number of piperazine rings is 1. The fraction of sp³-hybridized carbons (Fsp3) is 0.875. The average molecular weight is 315 g/mol. The minimum Gasteiger partial charge on any atom is -0.339 e. The summed E-state index contributed by atoms with van der Waals surface area (Å²) in [6, 6.07) is 0. The number of carbonyl (C=O) groups excluding carboxylic acids is 2. The van der Waals surface area contributed by atoms with E-state index in [9.17, 15) is 9.59 Å². The van der Waals surface area contributed by atoms with Gasteiger partial charge in [-0.3, -0.25) is 9.59 Å². The van der Waals surface area contributed by atoms with E-state index >= 15 is 0 Å². The van der Waals surface area contributed by atoms with Crippen LogP contribution >= 0.6 is 11.6 Å². The van der Waals surface area contributed by atoms with Crippen LogP contribution in [0.25, 0.3) is 0 Å². The summed E-state index contributed by atoms with van der Waals surface area (Å²) in [6.07, 6.45) is 8.76. The number of halogens is 1. The first-order valence-corrected chi connectivity index (χ1v) is 8.85. The fourth-order valence-corrected chi connectivity index (χ4v) is 3.57. The van der Waals surface area contributed by atoms with Crippen molar-refractivity contribution in [1.82, 2.24) is 9.80 Å². The summed E-state index contributed by atoms with van der Waals surface area (Å²) in [4.78, 5) is 27.7. The molecule has 0 aromatic carbocycles. The summed E-state index contributed by atoms with van der Waals surface area (Å²) in [5, 5.41) is 0. The highest BCUT2D eigenvalue weighted by Gasteiger charge is 2.24. The molecule has 2 fully saturated rings. The number of nitrogens with zero attached hydrogens (tertiary/aromatic N) is 2. The molecule has 0 aromatic rings. The second kappa shape index (κ2) is 8.62. The molecule has 1 saturated heterocycles. The molecule has 0 unspecified atom stereocenters. The Hall–Kier alpha value is -0.770. The summed E-state index contributed by atoms with van der Waals surface area (Å²) < 4.78 is 0. The highest BCUT2D eigenvalue weighted by molar-refractivity contribution is 6.18. The Labute approximate surface area is 132 Å². The van der Waals surface area contributed by atoms with Crippen molar-refractivity contribution in [2.45, 2.75) is 51.4 Å². The van der Waals surface area contributed by atoms with E-state index in [0.29, 0.717) is 44.9 Å². The van der Waals surface area contributed by atoms with Gasteiger partial charge in [-0.05, 0) is 12.3 Å². The number of carbonyl (C=O) groups is 2. The van der Waals surface area contributed by atoms with Crippen molar-refractivity contribution in [3.05, 3.63) is 0 Å². The quantitative estimate of drug-likeness (QED) is 0.732. The molecule has 4 nitrogen and oxygen atoms in total. The largest absolute Gasteiger partial charge is 0.339 e. The standard InChI is InChI=1S/C16H27ClN2O2/c17-9-8-16(21)19-12-10-18(11-13-19)15(20)7-6-14-4-2-1-3-5-14/h14H,1-13H2. The Bertz CT molecular complexity index is 348. The maximum Gasteiger partial charge on any atom is 0.223 e. The molecule has 0 N–H and O–H groups in total. The van der Waals surface area contributed by atoms with Gasteiger partial charge in [-0.2, -0.15) is 0 Å². The lowest BCUT2D eigenvalue weighted by Gasteiger charge is -2.35. The van der Waals surface area contributed by atoms with E-state index in [1.807, 2.05) is 9.80 Å². The summed E-state index contributed by atoms with van der Waals surface area (Å²) in [5.41, 5.74) is 0. The lowest BCUT2D eigenvalue weighted by Crippen LogP contribution is -2.50. The molecule has 0 atom stereocenters. The lowest BCUT2D eigenvalue weighted by molar-refractivity contribution is -0.139. The molecule has 2 rings (SSSR count). The fourth-order valence-electron chi connectivity index (χ4n) is 3.41. The lowest BCUT2D eigenvalue weighted by atomic mass is 9.86. The smallest absolute Gasteiger partial charge is 0.223 e. The van der Waals surface area contributed by atoms with Crippen LogP contribution in [0.3, 0.4) is 0 Å². The van der Waals surface area contributed by atoms with Crippen LogP contribution < -0.4 is 0 Å². The molecule has 1 aliphatic heterocycles. The molecule has 21 heavy (non-hydrogen) atoms. The van der Waals surface area contributed by atoms with E-state index in [1.165, 1.54) is 32.1 Å². The van der Waals surface area contributed by atoms with Gasteiger partial charge in [0.25, 0.3) is 0 Å². The van der Waals surface area contributed by atoms with Gasteiger partial charge in [0, 0.05) is 44.9 Å². The number of alkyl halides is 1. The molecule has 1 saturated carbocycles. The van der Waals surface area contributed by atoms with Crippen molar-refractivity contribution in [1.29, 1.82) is 0 Å². The predicted octanol–water partition coefficient (Wildman–Crippen LogP) is 2.65. The van der Waals surface area contributed by atoms with Gasteiger partial charge in [0.2, 0.25) is 11.8 Å². The van der Waals surface area contributed by atoms with Crippen LogP contribution in [0.5, 0.6) is 0 Å². The average Bonchev–Trinajstić information content (AvgIpc) is 2.54. The van der Waals surface area contributed by atoms with Crippen LogP contribution in [0.4, 0.5) is 0 Å². The molecule has 0 bridgehead atoms. The van der Waals surface area contributed by atoms with Crippen molar-refractivity contribution in [3.8, 4) is 0 Å². The van der Waals surface area contributed by atoms with Crippen molar-refractivity contribution in [2.24, 2.45) is 5.92 Å². The maximum absolute atomic E-state index is 12.2. The van der Waals surface area contributed by atoms with Gasteiger partial charge in [0.1, 0.15) is 0 Å². The molecule has 0 spiro atoms. The zero-order valence-corrected chi connectivity index (χ0v) is 13.6. The number of rotatable bonds is 5. The van der Waals surface area contributed by atoms with Crippen LogP contribution in [0.15, 0.2) is 0 Å². The van der Waals surface area contributed by atoms with Gasteiger partial charge in [-0.15, -0.1) is 11.6 Å². The predicted molar refractivity (Wildman–Crippen MR) is 84.3 cm³/mol. The van der Waals surface area contributed by atoms with E-state index in [2.05, 4.69) is 0 Å². The monoisotopic (exact) mass is 314 g/mol. The second-order valence-electron chi connectivity index (χ2n) is 6.24. The van der Waals surface area contributed by atoms with E-state index in [0.717, 1.165) is 12.3 Å². The van der Waals surface area contributed by atoms with Crippen LogP contribution in [-0.2, 0) is 9.59 Å². The van der Waals surface area contributed by atoms with Crippen LogP contribution in [0.1, 0.15) is 51.4 Å². The summed E-state index contributed by atoms with van der Waals surface area (Å²) in [6.45, 7) is 2.67. The zero-order chi connectivity index (χ0) is 15.1. The molecule has 0 aromatic heterocycles. The van der Waals surface area contributed by atoms with Gasteiger partial charge < -0.3 is 9.80 Å². The molecular weight excluding hydrogens is 288 g/mol. The Kier molecular flexibility index (Phi) is 6.81. The molecule has 120 valence electrons. The van der Waals surface area contributed by atoms with Crippen LogP contribution in [0, 0.1) is 5.92 Å². The number of amides is 2. The molecular formula is C16H27ClN2O2. The second-order valence-corrected chi connectivity index (χ2v) is 6.62. The summed E-state index contributed by atoms with van der Waals surface area (Å²) in [7, 11) is 0. The Morgan fingerprint density at radius 3 is 1.90 bits per heavy atom. The molecule has 1 aliphatic carbocycles. The first-order valence-electron chi connectivity index (χ1n) is 8.32.